The molecule has 1 amide bonds. The van der Waals surface area contributed by atoms with Crippen LogP contribution in [-0.2, 0) is 16.1 Å². The Morgan fingerprint density at radius 1 is 1.21 bits per heavy atom. The number of rotatable bonds is 11. The number of carbonyl (C=O) groups excluding carboxylic acids is 2. The van der Waals surface area contributed by atoms with Crippen LogP contribution in [0.2, 0.25) is 0 Å². The van der Waals surface area contributed by atoms with Gasteiger partial charge in [0.05, 0.1) is 13.7 Å². The molecule has 1 aromatic rings. The van der Waals surface area contributed by atoms with Crippen LogP contribution in [0.4, 0.5) is 0 Å². The highest BCUT2D eigenvalue weighted by atomic mass is 32.1. The van der Waals surface area contributed by atoms with Crippen molar-refractivity contribution in [2.75, 3.05) is 7.11 Å². The summed E-state index contributed by atoms with van der Waals surface area (Å²) in [6, 6.07) is 0.114. The normalized spacial score (nSPS) is 10.9. The number of nitrogens with zero attached hydrogens (tertiary/aromatic N) is 2. The zero-order valence-corrected chi connectivity index (χ0v) is 16.2. The summed E-state index contributed by atoms with van der Waals surface area (Å²) in [5.74, 6) is -0.276. The summed E-state index contributed by atoms with van der Waals surface area (Å²) in [6.07, 6.45) is 7.61. The summed E-state index contributed by atoms with van der Waals surface area (Å²) in [6.45, 7) is 6.67. The van der Waals surface area contributed by atoms with Crippen LogP contribution in [0.3, 0.4) is 0 Å². The van der Waals surface area contributed by atoms with Crippen molar-refractivity contribution in [2.24, 2.45) is 0 Å². The first-order valence-corrected chi connectivity index (χ1v) is 9.69. The van der Waals surface area contributed by atoms with E-state index < -0.39 is 5.97 Å². The molecule has 0 atom stereocenters. The van der Waals surface area contributed by atoms with E-state index in [-0.39, 0.29) is 11.9 Å². The number of hydrogen-bond donors (Lipinski definition) is 0. The fraction of sp³-hybridized carbons (Fsp3) is 0.722. The largest absolute Gasteiger partial charge is 0.464 e. The Labute approximate surface area is 149 Å². The van der Waals surface area contributed by atoms with Gasteiger partial charge < -0.3 is 9.64 Å². The van der Waals surface area contributed by atoms with Gasteiger partial charge in [-0.3, -0.25) is 4.79 Å². The average molecular weight is 355 g/mol. The maximum atomic E-state index is 12.5. The van der Waals surface area contributed by atoms with Crippen LogP contribution in [0.15, 0.2) is 5.38 Å². The van der Waals surface area contributed by atoms with Gasteiger partial charge in [-0.2, -0.15) is 0 Å². The first-order valence-electron chi connectivity index (χ1n) is 8.81. The predicted octanol–water partition coefficient (Wildman–Crippen LogP) is 4.42. The van der Waals surface area contributed by atoms with Gasteiger partial charge in [-0.05, 0) is 20.3 Å². The Bertz CT molecular complexity index is 514. The topological polar surface area (TPSA) is 59.5 Å². The zero-order valence-electron chi connectivity index (χ0n) is 15.3. The van der Waals surface area contributed by atoms with E-state index in [0.29, 0.717) is 18.7 Å². The lowest BCUT2D eigenvalue weighted by Gasteiger charge is -2.26. The summed E-state index contributed by atoms with van der Waals surface area (Å²) >= 11 is 1.39. The number of unbranched alkanes of at least 4 members (excludes halogenated alkanes) is 5. The molecule has 5 nitrogen and oxygen atoms in total. The van der Waals surface area contributed by atoms with E-state index in [9.17, 15) is 9.59 Å². The molecule has 0 saturated heterocycles. The quantitative estimate of drug-likeness (QED) is 0.436. The van der Waals surface area contributed by atoms with Crippen molar-refractivity contribution in [3.8, 4) is 0 Å². The van der Waals surface area contributed by atoms with Crippen molar-refractivity contribution >= 4 is 23.2 Å². The summed E-state index contributed by atoms with van der Waals surface area (Å²) < 4.78 is 4.67. The van der Waals surface area contributed by atoms with Crippen molar-refractivity contribution in [1.82, 2.24) is 9.88 Å². The molecule has 136 valence electrons. The minimum Gasteiger partial charge on any atom is -0.464 e. The minimum absolute atomic E-state index is 0.114. The molecule has 0 N–H and O–H groups in total. The summed E-state index contributed by atoms with van der Waals surface area (Å²) in [7, 11) is 1.34. The highest BCUT2D eigenvalue weighted by molar-refractivity contribution is 7.09. The van der Waals surface area contributed by atoms with Crippen molar-refractivity contribution in [3.63, 3.8) is 0 Å². The molecule has 0 aromatic carbocycles. The van der Waals surface area contributed by atoms with Gasteiger partial charge in [0.15, 0.2) is 5.69 Å². The molecule has 6 heteroatoms. The number of methoxy groups -OCH3 is 1. The van der Waals surface area contributed by atoms with Crippen molar-refractivity contribution in [3.05, 3.63) is 16.1 Å². The molecule has 24 heavy (non-hydrogen) atoms. The third-order valence-electron chi connectivity index (χ3n) is 3.94. The number of esters is 1. The molecule has 0 aliphatic rings. The van der Waals surface area contributed by atoms with Crippen LogP contribution in [-0.4, -0.2) is 34.9 Å². The fourth-order valence-corrected chi connectivity index (χ4v) is 3.25. The smallest absolute Gasteiger partial charge is 0.357 e. The van der Waals surface area contributed by atoms with Crippen LogP contribution >= 0.6 is 11.3 Å². The molecule has 1 heterocycles. The molecule has 0 unspecified atom stereocenters. The number of amides is 1. The van der Waals surface area contributed by atoms with Gasteiger partial charge >= 0.3 is 5.97 Å². The fourth-order valence-electron chi connectivity index (χ4n) is 2.49. The molecule has 1 aromatic heterocycles. The van der Waals surface area contributed by atoms with Crippen molar-refractivity contribution in [2.45, 2.75) is 78.3 Å². The molecule has 0 bridgehead atoms. The van der Waals surface area contributed by atoms with Gasteiger partial charge in [0, 0.05) is 17.8 Å². The Hall–Kier alpha value is -1.43. The van der Waals surface area contributed by atoms with Crippen molar-refractivity contribution < 1.29 is 14.3 Å². The van der Waals surface area contributed by atoms with E-state index in [4.69, 9.17) is 0 Å². The van der Waals surface area contributed by atoms with Gasteiger partial charge in [-0.15, -0.1) is 11.3 Å². The van der Waals surface area contributed by atoms with Crippen LogP contribution in [0, 0.1) is 0 Å². The van der Waals surface area contributed by atoms with Crippen LogP contribution in [0.5, 0.6) is 0 Å². The van der Waals surface area contributed by atoms with E-state index in [1.165, 1.54) is 44.1 Å². The SMILES string of the molecule is CCCCCCCCC(=O)N(Cc1nc(C(=O)OC)cs1)C(C)C. The standard InChI is InChI=1S/C18H30N2O3S/c1-5-6-7-8-9-10-11-17(21)20(14(2)3)12-16-19-15(13-24-16)18(22)23-4/h13-14H,5-12H2,1-4H3. The van der Waals surface area contributed by atoms with E-state index in [0.717, 1.165) is 17.8 Å². The van der Waals surface area contributed by atoms with Crippen LogP contribution < -0.4 is 0 Å². The molecule has 1 rings (SSSR count). The zero-order chi connectivity index (χ0) is 17.9. The summed E-state index contributed by atoms with van der Waals surface area (Å²) in [5, 5.41) is 2.44. The van der Waals surface area contributed by atoms with Crippen LogP contribution in [0.1, 0.15) is 81.2 Å². The molecule has 0 spiro atoms. The Balaban J connectivity index is 2.49. The predicted molar refractivity (Wildman–Crippen MR) is 97.1 cm³/mol. The van der Waals surface area contributed by atoms with E-state index >= 15 is 0 Å². The number of thiazole rings is 1. The Morgan fingerprint density at radius 3 is 2.50 bits per heavy atom. The summed E-state index contributed by atoms with van der Waals surface area (Å²) in [4.78, 5) is 30.1. The third-order valence-corrected chi connectivity index (χ3v) is 4.77. The maximum absolute atomic E-state index is 12.5. The van der Waals surface area contributed by atoms with E-state index in [1.54, 1.807) is 5.38 Å². The minimum atomic E-state index is -0.438. The lowest BCUT2D eigenvalue weighted by molar-refractivity contribution is -0.133. The van der Waals surface area contributed by atoms with Gasteiger partial charge in [-0.1, -0.05) is 39.0 Å². The molecule has 0 aliphatic carbocycles. The molecular weight excluding hydrogens is 324 g/mol. The second-order valence-corrected chi connectivity index (χ2v) is 7.19. The molecular formula is C18H30N2O3S. The maximum Gasteiger partial charge on any atom is 0.357 e. The average Bonchev–Trinajstić information content (AvgIpc) is 3.03. The molecule has 0 fully saturated rings. The van der Waals surface area contributed by atoms with E-state index in [1.807, 2.05) is 18.7 Å². The Kier molecular flexibility index (Phi) is 9.60. The van der Waals surface area contributed by atoms with E-state index in [2.05, 4.69) is 16.6 Å². The lowest BCUT2D eigenvalue weighted by atomic mass is 10.1. The lowest BCUT2D eigenvalue weighted by Crippen LogP contribution is -2.36. The summed E-state index contributed by atoms with van der Waals surface area (Å²) in [5.41, 5.74) is 0.310. The number of ether oxygens (including phenoxy) is 1. The number of carbonyl (C=O) groups is 2. The van der Waals surface area contributed by atoms with Gasteiger partial charge in [0.2, 0.25) is 5.91 Å². The first kappa shape index (κ1) is 20.6. The second-order valence-electron chi connectivity index (χ2n) is 6.25. The molecule has 0 saturated carbocycles. The molecule has 0 radical (unpaired) electrons. The van der Waals surface area contributed by atoms with Gasteiger partial charge in [0.1, 0.15) is 5.01 Å². The van der Waals surface area contributed by atoms with Crippen molar-refractivity contribution in [1.29, 1.82) is 0 Å². The van der Waals surface area contributed by atoms with Gasteiger partial charge in [-0.25, -0.2) is 9.78 Å². The van der Waals surface area contributed by atoms with Crippen LogP contribution in [0.25, 0.3) is 0 Å². The third kappa shape index (κ3) is 6.99. The number of aromatic nitrogens is 1. The van der Waals surface area contributed by atoms with Gasteiger partial charge in [0.25, 0.3) is 0 Å². The monoisotopic (exact) mass is 354 g/mol. The highest BCUT2D eigenvalue weighted by Crippen LogP contribution is 2.17. The first-order chi connectivity index (χ1) is 11.5. The molecule has 0 aliphatic heterocycles. The highest BCUT2D eigenvalue weighted by Gasteiger charge is 2.19. The Morgan fingerprint density at radius 2 is 1.88 bits per heavy atom. The number of hydrogen-bond acceptors (Lipinski definition) is 5. The second kappa shape index (κ2) is 11.2.